The van der Waals surface area contributed by atoms with Gasteiger partial charge in [-0.15, -0.1) is 0 Å². The third-order valence-electron chi connectivity index (χ3n) is 15.4. The lowest BCUT2D eigenvalue weighted by Crippen LogP contribution is -2.61. The van der Waals surface area contributed by atoms with Gasteiger partial charge in [0.1, 0.15) is 40.3 Å². The highest BCUT2D eigenvalue weighted by atomic mass is 16.5. The molecule has 8 nitrogen and oxygen atoms in total. The van der Waals surface area contributed by atoms with E-state index in [9.17, 15) is 0 Å². The Morgan fingerprint density at radius 1 is 0.570 bits per heavy atom. The molecule has 0 amide bonds. The monoisotopic (exact) mass is 1030 g/mol. The summed E-state index contributed by atoms with van der Waals surface area (Å²) in [5, 5.41) is 1.81. The fraction of sp³-hybridized carbons (Fsp3) is 0.0571. The summed E-state index contributed by atoms with van der Waals surface area (Å²) in [6.45, 7) is 6.35. The first-order valence-corrected chi connectivity index (χ1v) is 26.1. The second-order valence-corrected chi connectivity index (χ2v) is 20.9. The smallest absolute Gasteiger partial charge is 0.269 e. The fourth-order valence-corrected chi connectivity index (χ4v) is 11.9. The molecule has 3 aliphatic heterocycles. The van der Waals surface area contributed by atoms with Gasteiger partial charge in [0.25, 0.3) is 13.0 Å². The number of anilines is 3. The molecule has 79 heavy (non-hydrogen) atoms. The van der Waals surface area contributed by atoms with Gasteiger partial charge < -0.3 is 19.1 Å². The fourth-order valence-electron chi connectivity index (χ4n) is 11.9. The molecule has 3 aromatic heterocycles. The Morgan fingerprint density at radius 2 is 1.23 bits per heavy atom. The van der Waals surface area contributed by atoms with Gasteiger partial charge in [0, 0.05) is 46.2 Å². The van der Waals surface area contributed by atoms with E-state index in [1.165, 1.54) is 0 Å². The molecule has 13 aromatic rings. The third-order valence-corrected chi connectivity index (χ3v) is 15.4. The number of fused-ring (bicyclic) bond motifs is 5. The second kappa shape index (κ2) is 17.2. The summed E-state index contributed by atoms with van der Waals surface area (Å²) >= 11 is 0. The first-order chi connectivity index (χ1) is 43.0. The molecule has 0 N–H and O–H groups in total. The Morgan fingerprint density at radius 3 is 1.96 bits per heavy atom. The maximum Gasteiger partial charge on any atom is 0.269 e. The summed E-state index contributed by atoms with van der Waals surface area (Å²) in [4.78, 5) is 7.35. The van der Waals surface area contributed by atoms with Crippen molar-refractivity contribution in [2.75, 3.05) is 4.90 Å². The number of para-hydroxylation sites is 4. The van der Waals surface area contributed by atoms with Gasteiger partial charge in [-0.2, -0.15) is 0 Å². The molecule has 0 saturated carbocycles. The number of ether oxygens (including phenoxy) is 3. The molecule has 0 radical (unpaired) electrons. The maximum absolute atomic E-state index is 9.13. The van der Waals surface area contributed by atoms with Crippen LogP contribution in [0, 0.1) is 6.33 Å². The van der Waals surface area contributed by atoms with Crippen LogP contribution in [0.5, 0.6) is 34.5 Å². The standard InChI is InChI=1S/C70H48BN5O3/c1-70(2,3)46-37-38-72-63(39-46)76-58-41-50(35-36-53(58)64-59(76)42-62-67-69(64)79-61-34-18-32-57-66(61)71(67)65-56(31-17-33-60(65)78-62)75(57)47-23-11-6-12-24-47)77-49-26-15-25-48(40-49)73-43-74(55-30-14-13-29-54(55)73)68-51(44-19-7-4-8-20-44)27-16-28-52(68)45-21-9-5-10-22-45/h4-42H,1-3H3/i4D,5D,7D,8D,9D,10D,19D,20D,21D,22D. The molecule has 0 unspecified atom stereocenters. The van der Waals surface area contributed by atoms with Crippen LogP contribution >= 0.6 is 0 Å². The van der Waals surface area contributed by atoms with Gasteiger partial charge in [-0.1, -0.05) is 160 Å². The molecule has 10 aromatic carbocycles. The second-order valence-electron chi connectivity index (χ2n) is 20.9. The lowest BCUT2D eigenvalue weighted by Gasteiger charge is -2.42. The Labute approximate surface area is 471 Å². The average molecular weight is 1030 g/mol. The third kappa shape index (κ3) is 6.95. The van der Waals surface area contributed by atoms with E-state index in [0.717, 1.165) is 72.3 Å². The van der Waals surface area contributed by atoms with Crippen LogP contribution in [0.3, 0.4) is 0 Å². The zero-order valence-corrected chi connectivity index (χ0v) is 42.8. The summed E-state index contributed by atoms with van der Waals surface area (Å²) in [7, 11) is 0. The van der Waals surface area contributed by atoms with E-state index in [4.69, 9.17) is 32.9 Å². The highest BCUT2D eigenvalue weighted by molar-refractivity contribution is 7.00. The number of nitrogens with zero attached hydrogens (tertiary/aromatic N) is 5. The SMILES string of the molecule is [2H]c1c([2H])c([2H])c(-c2cccc(-c3c([2H])c([2H])c([2H])c([2H])c3[2H])c2-[n+]2[c-]n(-c3cccc(Oc4ccc5c6c7c8c(cc6n(-c6cc(C(C)(C)C)ccn6)c5c4)Oc4cccc5c4B8c4c(cccc4N5c4ccccc4)O7)c3)c3ccccc32)c([2H])c1[2H]. The lowest BCUT2D eigenvalue weighted by molar-refractivity contribution is -0.571. The number of benzene rings is 10. The largest absolute Gasteiger partial charge is 0.458 e. The van der Waals surface area contributed by atoms with Crippen molar-refractivity contribution in [3.63, 3.8) is 0 Å². The van der Waals surface area contributed by atoms with Crippen LogP contribution in [0.15, 0.2) is 236 Å². The normalized spacial score (nSPS) is 14.7. The first-order valence-electron chi connectivity index (χ1n) is 31.1. The molecule has 0 bridgehead atoms. The Bertz CT molecular complexity index is 5110. The number of hydrogen-bond donors (Lipinski definition) is 0. The van der Waals surface area contributed by atoms with Gasteiger partial charge in [0.05, 0.1) is 52.5 Å². The average Bonchev–Trinajstić information content (AvgIpc) is 1.66. The van der Waals surface area contributed by atoms with Gasteiger partial charge in [-0.25, -0.2) is 4.98 Å². The Balaban J connectivity index is 0.860. The number of imidazole rings is 1. The number of hydrogen-bond acceptors (Lipinski definition) is 5. The van der Waals surface area contributed by atoms with Gasteiger partial charge in [0.15, 0.2) is 0 Å². The van der Waals surface area contributed by atoms with Crippen molar-refractivity contribution < 1.29 is 32.5 Å². The van der Waals surface area contributed by atoms with Crippen LogP contribution < -0.4 is 40.1 Å². The van der Waals surface area contributed by atoms with Gasteiger partial charge in [0.2, 0.25) is 0 Å². The molecule has 374 valence electrons. The topological polar surface area (TPSA) is 57.6 Å². The Kier molecular flexibility index (Phi) is 7.84. The highest BCUT2D eigenvalue weighted by Gasteiger charge is 2.48. The van der Waals surface area contributed by atoms with Crippen LogP contribution in [0.2, 0.25) is 0 Å². The minimum atomic E-state index is -0.577. The molecular formula is C70H48BN5O3. The molecule has 16 rings (SSSR count). The van der Waals surface area contributed by atoms with E-state index in [-0.39, 0.29) is 40.1 Å². The van der Waals surface area contributed by atoms with Gasteiger partial charge in [-0.3, -0.25) is 13.7 Å². The predicted octanol–water partition coefficient (Wildman–Crippen LogP) is 15.1. The molecule has 3 aliphatic rings. The van der Waals surface area contributed by atoms with Crippen LogP contribution in [0.4, 0.5) is 17.1 Å². The molecule has 0 saturated heterocycles. The summed E-state index contributed by atoms with van der Waals surface area (Å²) in [5.74, 6) is 4.64. The minimum absolute atomic E-state index is 0.144. The highest BCUT2D eigenvalue weighted by Crippen LogP contribution is 2.50. The molecule has 0 atom stereocenters. The minimum Gasteiger partial charge on any atom is -0.458 e. The van der Waals surface area contributed by atoms with Crippen LogP contribution in [0.1, 0.15) is 40.0 Å². The Hall–Kier alpha value is -10.1. The van der Waals surface area contributed by atoms with Crippen molar-refractivity contribution in [2.45, 2.75) is 26.2 Å². The summed E-state index contributed by atoms with van der Waals surface area (Å²) in [6, 6.07) is 49.6. The molecule has 0 spiro atoms. The number of aromatic nitrogens is 4. The van der Waals surface area contributed by atoms with E-state index >= 15 is 0 Å². The van der Waals surface area contributed by atoms with Crippen molar-refractivity contribution in [2.24, 2.45) is 0 Å². The molecule has 0 aliphatic carbocycles. The van der Waals surface area contributed by atoms with E-state index < -0.39 is 60.4 Å². The zero-order valence-electron chi connectivity index (χ0n) is 52.8. The first kappa shape index (κ1) is 36.0. The van der Waals surface area contributed by atoms with Crippen molar-refractivity contribution >= 4 is 73.0 Å². The van der Waals surface area contributed by atoms with Crippen LogP contribution in [-0.2, 0) is 5.41 Å². The molecule has 0 fully saturated rings. The van der Waals surface area contributed by atoms with Crippen molar-refractivity contribution in [1.29, 1.82) is 0 Å². The van der Waals surface area contributed by atoms with Gasteiger partial charge >= 0.3 is 0 Å². The lowest BCUT2D eigenvalue weighted by atomic mass is 9.33. The van der Waals surface area contributed by atoms with E-state index in [1.807, 2.05) is 85.1 Å². The summed E-state index contributed by atoms with van der Waals surface area (Å²) in [6.07, 6.45) is 5.33. The van der Waals surface area contributed by atoms with Crippen molar-refractivity contribution in [3.05, 3.63) is 248 Å². The van der Waals surface area contributed by atoms with Crippen LogP contribution in [-0.4, -0.2) is 20.8 Å². The molecule has 9 heteroatoms. The molecular weight excluding hydrogens is 970 g/mol. The summed E-state index contributed by atoms with van der Waals surface area (Å²) in [5.41, 5.74) is 10.7. The zero-order chi connectivity index (χ0) is 61.2. The molecule has 6 heterocycles. The summed E-state index contributed by atoms with van der Waals surface area (Å²) < 4.78 is 115. The van der Waals surface area contributed by atoms with Crippen molar-refractivity contribution in [3.8, 4) is 73.9 Å². The number of rotatable bonds is 8. The van der Waals surface area contributed by atoms with Gasteiger partial charge in [-0.05, 0) is 123 Å². The predicted molar refractivity (Wildman–Crippen MR) is 318 cm³/mol. The van der Waals surface area contributed by atoms with Crippen LogP contribution in [0.25, 0.3) is 72.3 Å². The van der Waals surface area contributed by atoms with Crippen molar-refractivity contribution in [1.82, 2.24) is 14.1 Å². The number of pyridine rings is 1. The van der Waals surface area contributed by atoms with E-state index in [2.05, 4.69) is 109 Å². The van der Waals surface area contributed by atoms with E-state index in [1.54, 1.807) is 27.3 Å². The quantitative estimate of drug-likeness (QED) is 0.0862. The van der Waals surface area contributed by atoms with E-state index in [0.29, 0.717) is 45.5 Å². The maximum atomic E-state index is 9.13.